The van der Waals surface area contributed by atoms with Gasteiger partial charge < -0.3 is 0 Å². The topological polar surface area (TPSA) is 0 Å². The van der Waals surface area contributed by atoms with Crippen molar-refractivity contribution in [2.45, 2.75) is 24.7 Å². The van der Waals surface area contributed by atoms with E-state index in [9.17, 15) is 0 Å². The summed E-state index contributed by atoms with van der Waals surface area (Å²) in [6, 6.07) is 8.65. The van der Waals surface area contributed by atoms with Crippen LogP contribution in [0.25, 0.3) is 0 Å². The highest BCUT2D eigenvalue weighted by Crippen LogP contribution is 2.30. The Kier molecular flexibility index (Phi) is 3.10. The van der Waals surface area contributed by atoms with Crippen LogP contribution in [0, 0.1) is 6.92 Å². The molecule has 0 radical (unpaired) electrons. The lowest BCUT2D eigenvalue weighted by atomic mass is 10.2. The van der Waals surface area contributed by atoms with Gasteiger partial charge in [-0.2, -0.15) is 0 Å². The van der Waals surface area contributed by atoms with Gasteiger partial charge in [0.25, 0.3) is 0 Å². The van der Waals surface area contributed by atoms with E-state index in [0.717, 1.165) is 0 Å². The highest BCUT2D eigenvalue weighted by atomic mass is 32.2. The summed E-state index contributed by atoms with van der Waals surface area (Å²) < 4.78 is 0. The van der Waals surface area contributed by atoms with E-state index in [2.05, 4.69) is 49.4 Å². The van der Waals surface area contributed by atoms with Crippen LogP contribution in [-0.2, 0) is 0 Å². The van der Waals surface area contributed by atoms with Crippen LogP contribution in [0.1, 0.15) is 18.4 Å². The zero-order chi connectivity index (χ0) is 9.80. The van der Waals surface area contributed by atoms with Crippen molar-refractivity contribution in [2.24, 2.45) is 0 Å². The fourth-order valence-electron chi connectivity index (χ4n) is 1.48. The van der Waals surface area contributed by atoms with Crippen molar-refractivity contribution in [3.05, 3.63) is 53.0 Å². The molecular weight excluding hydrogens is 188 g/mol. The molecule has 0 aromatic heterocycles. The second kappa shape index (κ2) is 4.52. The molecule has 1 heteroatoms. The largest absolute Gasteiger partial charge is 0.0904 e. The van der Waals surface area contributed by atoms with Gasteiger partial charge in [-0.05, 0) is 31.9 Å². The number of allylic oxidation sites excluding steroid dienone is 3. The van der Waals surface area contributed by atoms with Crippen LogP contribution in [-0.4, -0.2) is 0 Å². The molecule has 0 saturated carbocycles. The minimum Gasteiger partial charge on any atom is -0.0904 e. The average molecular weight is 202 g/mol. The van der Waals surface area contributed by atoms with Crippen LogP contribution in [0.3, 0.4) is 0 Å². The second-order valence-electron chi connectivity index (χ2n) is 3.50. The van der Waals surface area contributed by atoms with Crippen LogP contribution in [0.2, 0.25) is 0 Å². The van der Waals surface area contributed by atoms with E-state index >= 15 is 0 Å². The number of rotatable bonds is 2. The molecule has 0 unspecified atom stereocenters. The molecule has 0 saturated heterocycles. The van der Waals surface area contributed by atoms with E-state index in [1.165, 1.54) is 28.2 Å². The van der Waals surface area contributed by atoms with E-state index < -0.39 is 0 Å². The van der Waals surface area contributed by atoms with E-state index in [-0.39, 0.29) is 0 Å². The molecule has 2 rings (SSSR count). The molecule has 0 heterocycles. The van der Waals surface area contributed by atoms with Crippen LogP contribution >= 0.6 is 11.8 Å². The lowest BCUT2D eigenvalue weighted by molar-refractivity contribution is 1.03. The molecule has 0 bridgehead atoms. The maximum absolute atomic E-state index is 2.31. The van der Waals surface area contributed by atoms with E-state index in [1.54, 1.807) is 0 Å². The monoisotopic (exact) mass is 202 g/mol. The van der Waals surface area contributed by atoms with Gasteiger partial charge in [0.1, 0.15) is 0 Å². The van der Waals surface area contributed by atoms with Crippen molar-refractivity contribution in [3.63, 3.8) is 0 Å². The van der Waals surface area contributed by atoms with Gasteiger partial charge in [0.15, 0.2) is 0 Å². The molecule has 72 valence electrons. The minimum atomic E-state index is 1.19. The third-order valence-electron chi connectivity index (χ3n) is 2.19. The Morgan fingerprint density at radius 3 is 2.86 bits per heavy atom. The summed E-state index contributed by atoms with van der Waals surface area (Å²) in [5.41, 5.74) is 1.33. The fourth-order valence-corrected chi connectivity index (χ4v) is 2.51. The minimum absolute atomic E-state index is 1.19. The van der Waals surface area contributed by atoms with E-state index in [4.69, 9.17) is 0 Å². The van der Waals surface area contributed by atoms with E-state index in [1.807, 2.05) is 11.8 Å². The number of hydrogen-bond acceptors (Lipinski definition) is 1. The lowest BCUT2D eigenvalue weighted by Crippen LogP contribution is -1.81. The van der Waals surface area contributed by atoms with Gasteiger partial charge in [-0.15, -0.1) is 0 Å². The predicted molar refractivity (Wildman–Crippen MR) is 63.5 cm³/mol. The summed E-state index contributed by atoms with van der Waals surface area (Å²) in [6.45, 7) is 2.13. The molecular formula is C13H14S. The molecule has 0 spiro atoms. The summed E-state index contributed by atoms with van der Waals surface area (Å²) in [7, 11) is 0. The highest BCUT2D eigenvalue weighted by Gasteiger charge is 2.00. The van der Waals surface area contributed by atoms with Crippen molar-refractivity contribution in [2.75, 3.05) is 0 Å². The summed E-state index contributed by atoms with van der Waals surface area (Å²) in [6.07, 6.45) is 9.16. The number of aryl methyl sites for hydroxylation is 1. The summed E-state index contributed by atoms with van der Waals surface area (Å²) in [4.78, 5) is 2.71. The molecule has 0 aliphatic heterocycles. The molecule has 1 aromatic rings. The molecule has 0 N–H and O–H groups in total. The third kappa shape index (κ3) is 2.52. The van der Waals surface area contributed by atoms with Gasteiger partial charge in [0.2, 0.25) is 0 Å². The van der Waals surface area contributed by atoms with Crippen molar-refractivity contribution in [3.8, 4) is 0 Å². The molecule has 0 amide bonds. The maximum atomic E-state index is 2.31. The molecule has 0 atom stereocenters. The normalized spacial score (nSPS) is 15.4. The Balaban J connectivity index is 2.10. The first-order valence-electron chi connectivity index (χ1n) is 4.96. The Morgan fingerprint density at radius 1 is 1.21 bits per heavy atom. The molecule has 0 fully saturated rings. The Labute approximate surface area is 89.7 Å². The smallest absolute Gasteiger partial charge is 0.0124 e. The highest BCUT2D eigenvalue weighted by molar-refractivity contribution is 8.03. The van der Waals surface area contributed by atoms with Crippen molar-refractivity contribution < 1.29 is 0 Å². The Bertz CT molecular complexity index is 375. The maximum Gasteiger partial charge on any atom is 0.0124 e. The van der Waals surface area contributed by atoms with Gasteiger partial charge in [-0.3, -0.25) is 0 Å². The van der Waals surface area contributed by atoms with E-state index in [0.29, 0.717) is 0 Å². The first-order valence-corrected chi connectivity index (χ1v) is 5.77. The van der Waals surface area contributed by atoms with Crippen LogP contribution in [0.4, 0.5) is 0 Å². The first kappa shape index (κ1) is 9.60. The zero-order valence-electron chi connectivity index (χ0n) is 8.36. The SMILES string of the molecule is Cc1cccc(SC2=CCCC=C2)c1. The van der Waals surface area contributed by atoms with Gasteiger partial charge in [-0.1, -0.05) is 47.7 Å². The van der Waals surface area contributed by atoms with Gasteiger partial charge in [0, 0.05) is 9.80 Å². The van der Waals surface area contributed by atoms with Crippen molar-refractivity contribution in [1.82, 2.24) is 0 Å². The number of hydrogen-bond donors (Lipinski definition) is 0. The van der Waals surface area contributed by atoms with Gasteiger partial charge in [-0.25, -0.2) is 0 Å². The zero-order valence-corrected chi connectivity index (χ0v) is 9.18. The summed E-state index contributed by atoms with van der Waals surface area (Å²) in [5, 5.41) is 0. The first-order chi connectivity index (χ1) is 6.84. The quantitative estimate of drug-likeness (QED) is 0.688. The van der Waals surface area contributed by atoms with Gasteiger partial charge >= 0.3 is 0 Å². The Morgan fingerprint density at radius 2 is 2.14 bits per heavy atom. The van der Waals surface area contributed by atoms with Crippen LogP contribution in [0.5, 0.6) is 0 Å². The Hall–Kier alpha value is -0.950. The molecule has 14 heavy (non-hydrogen) atoms. The molecule has 1 aliphatic carbocycles. The van der Waals surface area contributed by atoms with Crippen LogP contribution < -0.4 is 0 Å². The molecule has 0 nitrogen and oxygen atoms in total. The summed E-state index contributed by atoms with van der Waals surface area (Å²) >= 11 is 1.85. The standard InChI is InChI=1S/C13H14S/c1-11-6-5-9-13(10-11)14-12-7-3-2-4-8-12/h3,5-10H,2,4H2,1H3. The number of thioether (sulfide) groups is 1. The summed E-state index contributed by atoms with van der Waals surface area (Å²) in [5.74, 6) is 0. The van der Waals surface area contributed by atoms with Crippen molar-refractivity contribution in [1.29, 1.82) is 0 Å². The van der Waals surface area contributed by atoms with Gasteiger partial charge in [0.05, 0.1) is 0 Å². The molecule has 1 aliphatic rings. The van der Waals surface area contributed by atoms with Crippen LogP contribution in [0.15, 0.2) is 52.3 Å². The fraction of sp³-hybridized carbons (Fsp3) is 0.231. The van der Waals surface area contributed by atoms with Crippen molar-refractivity contribution >= 4 is 11.8 Å². The average Bonchev–Trinajstić information content (AvgIpc) is 2.19. The lowest BCUT2D eigenvalue weighted by Gasteiger charge is -2.06. The number of benzene rings is 1. The third-order valence-corrected chi connectivity index (χ3v) is 3.21. The molecule has 1 aromatic carbocycles. The second-order valence-corrected chi connectivity index (χ2v) is 4.65. The predicted octanol–water partition coefficient (Wildman–Crippen LogP) is 4.32.